The molecular weight excluding hydrogens is 501 g/mol. The SMILES string of the molecule is CCC1(C)c2cc(F)cc(F)c2-c2cccc[n+]2C1(CC)c1cn2nc(C(F)(F)F)nc2c2cccc[n+]12. The third-order valence-corrected chi connectivity index (χ3v) is 8.21. The second-order valence-electron chi connectivity index (χ2n) is 9.84. The molecule has 0 saturated carbocycles. The number of hydrogen-bond donors (Lipinski definition) is 0. The molecule has 0 radical (unpaired) electrons. The lowest BCUT2D eigenvalue weighted by Gasteiger charge is -2.45. The average Bonchev–Trinajstić information content (AvgIpc) is 3.34. The number of aromatic nitrogens is 5. The van der Waals surface area contributed by atoms with Gasteiger partial charge in [0.05, 0.1) is 11.0 Å². The minimum Gasteiger partial charge on any atom is -0.208 e. The fourth-order valence-corrected chi connectivity index (χ4v) is 6.40. The van der Waals surface area contributed by atoms with Crippen molar-refractivity contribution in [3.8, 4) is 11.3 Å². The molecule has 194 valence electrons. The number of alkyl halides is 3. The molecule has 0 saturated heterocycles. The number of hydrogen-bond acceptors (Lipinski definition) is 2. The topological polar surface area (TPSA) is 38.2 Å². The van der Waals surface area contributed by atoms with Gasteiger partial charge in [-0.1, -0.05) is 13.8 Å². The molecule has 1 aromatic carbocycles. The molecule has 0 fully saturated rings. The summed E-state index contributed by atoms with van der Waals surface area (Å²) in [6, 6.07) is 12.9. The van der Waals surface area contributed by atoms with E-state index in [1.165, 1.54) is 6.07 Å². The first-order chi connectivity index (χ1) is 18.1. The van der Waals surface area contributed by atoms with Crippen molar-refractivity contribution in [1.29, 1.82) is 0 Å². The van der Waals surface area contributed by atoms with Crippen LogP contribution in [-0.2, 0) is 17.1 Å². The number of benzene rings is 1. The minimum absolute atomic E-state index is 0.0534. The van der Waals surface area contributed by atoms with Crippen LogP contribution in [-0.4, -0.2) is 14.6 Å². The highest BCUT2D eigenvalue weighted by Crippen LogP contribution is 2.52. The number of fused-ring (bicyclic) bond motifs is 6. The molecule has 5 aromatic rings. The van der Waals surface area contributed by atoms with Crippen LogP contribution in [0.15, 0.2) is 67.1 Å². The van der Waals surface area contributed by atoms with E-state index in [9.17, 15) is 17.6 Å². The van der Waals surface area contributed by atoms with Gasteiger partial charge in [-0.25, -0.2) is 13.3 Å². The number of pyridine rings is 2. The monoisotopic (exact) mass is 525 g/mol. The van der Waals surface area contributed by atoms with E-state index in [1.807, 2.05) is 42.0 Å². The first-order valence-corrected chi connectivity index (χ1v) is 12.4. The van der Waals surface area contributed by atoms with Crippen molar-refractivity contribution in [1.82, 2.24) is 14.6 Å². The van der Waals surface area contributed by atoms with Crippen LogP contribution >= 0.6 is 0 Å². The van der Waals surface area contributed by atoms with Crippen LogP contribution in [0.2, 0.25) is 0 Å². The molecule has 1 aliphatic rings. The summed E-state index contributed by atoms with van der Waals surface area (Å²) >= 11 is 0. The van der Waals surface area contributed by atoms with E-state index < -0.39 is 34.6 Å². The van der Waals surface area contributed by atoms with Gasteiger partial charge in [0.25, 0.3) is 22.6 Å². The summed E-state index contributed by atoms with van der Waals surface area (Å²) in [5.41, 5.74) is 0.600. The zero-order chi connectivity index (χ0) is 27.0. The Bertz CT molecular complexity index is 1740. The number of halogens is 5. The molecule has 38 heavy (non-hydrogen) atoms. The summed E-state index contributed by atoms with van der Waals surface area (Å²) in [6.45, 7) is 5.88. The molecule has 10 heteroatoms. The van der Waals surface area contributed by atoms with E-state index in [2.05, 4.69) is 10.1 Å². The third kappa shape index (κ3) is 3.03. The first kappa shape index (κ1) is 24.4. The van der Waals surface area contributed by atoms with Crippen molar-refractivity contribution in [3.63, 3.8) is 0 Å². The molecule has 0 N–H and O–H groups in total. The van der Waals surface area contributed by atoms with Crippen molar-refractivity contribution in [2.24, 2.45) is 0 Å². The molecule has 5 nitrogen and oxygen atoms in total. The lowest BCUT2D eigenvalue weighted by molar-refractivity contribution is -0.775. The summed E-state index contributed by atoms with van der Waals surface area (Å²) < 4.78 is 76.0. The Hall–Kier alpha value is -3.95. The fraction of sp³-hybridized carbons (Fsp3) is 0.286. The molecular formula is C28H24F5N5+2. The summed E-state index contributed by atoms with van der Waals surface area (Å²) in [6.07, 6.45) is 1.40. The van der Waals surface area contributed by atoms with Crippen molar-refractivity contribution >= 4 is 11.2 Å². The quantitative estimate of drug-likeness (QED) is 0.229. The van der Waals surface area contributed by atoms with Gasteiger partial charge in [0.1, 0.15) is 17.8 Å². The standard InChI is InChI=1S/C28H24F5N5/c1-4-26(3)18-14-17(29)15-19(30)23(18)20-10-7-9-13-37(20)27(26,5-2)22-16-38-24(21-11-6-8-12-36(21)22)34-25(35-38)28(31,32)33/h6-16H,4-5H2,1-3H3/q+2. The van der Waals surface area contributed by atoms with Gasteiger partial charge < -0.3 is 0 Å². The Balaban J connectivity index is 1.82. The maximum atomic E-state index is 15.4. The largest absolute Gasteiger partial charge is 0.453 e. The van der Waals surface area contributed by atoms with Crippen LogP contribution in [0.3, 0.4) is 0 Å². The molecule has 4 aromatic heterocycles. The normalized spacial score (nSPS) is 21.1. The summed E-state index contributed by atoms with van der Waals surface area (Å²) in [4.78, 5) is 3.81. The minimum atomic E-state index is -4.72. The Morgan fingerprint density at radius 2 is 1.71 bits per heavy atom. The van der Waals surface area contributed by atoms with E-state index in [1.54, 1.807) is 42.7 Å². The molecule has 5 heterocycles. The second kappa shape index (κ2) is 8.02. The number of nitrogens with zero attached hydrogens (tertiary/aromatic N) is 5. The zero-order valence-electron chi connectivity index (χ0n) is 20.9. The van der Waals surface area contributed by atoms with Gasteiger partial charge in [-0.05, 0) is 37.1 Å². The molecule has 0 spiro atoms. The Morgan fingerprint density at radius 3 is 2.42 bits per heavy atom. The van der Waals surface area contributed by atoms with Crippen molar-refractivity contribution in [2.75, 3.05) is 0 Å². The molecule has 2 atom stereocenters. The highest BCUT2D eigenvalue weighted by atomic mass is 19.4. The van der Waals surface area contributed by atoms with E-state index >= 15 is 4.39 Å². The van der Waals surface area contributed by atoms with Crippen LogP contribution in [0.1, 0.15) is 50.7 Å². The second-order valence-corrected chi connectivity index (χ2v) is 9.84. The lowest BCUT2D eigenvalue weighted by atomic mass is 9.58. The van der Waals surface area contributed by atoms with Crippen molar-refractivity contribution in [3.05, 3.63) is 95.8 Å². The highest BCUT2D eigenvalue weighted by molar-refractivity contribution is 5.68. The fourth-order valence-electron chi connectivity index (χ4n) is 6.40. The highest BCUT2D eigenvalue weighted by Gasteiger charge is 2.65. The van der Waals surface area contributed by atoms with Gasteiger partial charge in [-0.3, -0.25) is 0 Å². The van der Waals surface area contributed by atoms with E-state index in [-0.39, 0.29) is 5.65 Å². The van der Waals surface area contributed by atoms with E-state index in [0.29, 0.717) is 40.9 Å². The summed E-state index contributed by atoms with van der Waals surface area (Å²) in [5.74, 6) is -2.59. The number of rotatable bonds is 3. The average molecular weight is 526 g/mol. The van der Waals surface area contributed by atoms with Gasteiger partial charge >= 0.3 is 6.18 Å². The molecule has 6 rings (SSSR count). The molecule has 1 aliphatic heterocycles. The first-order valence-electron chi connectivity index (χ1n) is 12.4. The van der Waals surface area contributed by atoms with Gasteiger partial charge in [0.2, 0.25) is 11.3 Å². The molecule has 2 unspecified atom stereocenters. The van der Waals surface area contributed by atoms with Gasteiger partial charge in [0.15, 0.2) is 12.4 Å². The van der Waals surface area contributed by atoms with Crippen LogP contribution in [0.25, 0.3) is 22.4 Å². The van der Waals surface area contributed by atoms with Gasteiger partial charge in [-0.2, -0.15) is 27.1 Å². The lowest BCUT2D eigenvalue weighted by Crippen LogP contribution is -2.72. The van der Waals surface area contributed by atoms with Gasteiger partial charge in [-0.15, -0.1) is 5.10 Å². The summed E-state index contributed by atoms with van der Waals surface area (Å²) in [5, 5.41) is 3.80. The van der Waals surface area contributed by atoms with Crippen molar-refractivity contribution < 1.29 is 30.9 Å². The van der Waals surface area contributed by atoms with Crippen LogP contribution in [0.5, 0.6) is 0 Å². The predicted octanol–water partition coefficient (Wildman–Crippen LogP) is 5.55. The zero-order valence-corrected chi connectivity index (χ0v) is 20.9. The Kier molecular flexibility index (Phi) is 5.15. The predicted molar refractivity (Wildman–Crippen MR) is 128 cm³/mol. The van der Waals surface area contributed by atoms with E-state index in [4.69, 9.17) is 0 Å². The maximum Gasteiger partial charge on any atom is 0.453 e. The summed E-state index contributed by atoms with van der Waals surface area (Å²) in [7, 11) is 0. The Labute approximate surface area is 214 Å². The molecule has 0 aliphatic carbocycles. The van der Waals surface area contributed by atoms with Crippen LogP contribution < -0.4 is 8.97 Å². The smallest absolute Gasteiger partial charge is 0.208 e. The van der Waals surface area contributed by atoms with Crippen LogP contribution in [0.4, 0.5) is 22.0 Å². The third-order valence-electron chi connectivity index (χ3n) is 8.21. The van der Waals surface area contributed by atoms with E-state index in [0.717, 1.165) is 10.6 Å². The van der Waals surface area contributed by atoms with Crippen molar-refractivity contribution in [2.45, 2.75) is 50.7 Å². The van der Waals surface area contributed by atoms with Gasteiger partial charge in [0, 0.05) is 36.8 Å². The van der Waals surface area contributed by atoms with Crippen LogP contribution in [0, 0.1) is 11.6 Å². The molecule has 0 amide bonds. The maximum absolute atomic E-state index is 15.4. The molecule has 0 bridgehead atoms. The Morgan fingerprint density at radius 1 is 0.974 bits per heavy atom.